The Morgan fingerprint density at radius 3 is 2.06 bits per heavy atom. The van der Waals surface area contributed by atoms with Crippen LogP contribution in [0.4, 0.5) is 0 Å². The van der Waals surface area contributed by atoms with Gasteiger partial charge in [-0.05, 0) is 96.4 Å². The van der Waals surface area contributed by atoms with Crippen LogP contribution in [0.2, 0.25) is 0 Å². The lowest BCUT2D eigenvalue weighted by Gasteiger charge is -2.47. The maximum Gasteiger partial charge on any atom is 0.213 e. The van der Waals surface area contributed by atoms with Gasteiger partial charge in [0.2, 0.25) is 5.69 Å². The standard InChI is InChI=1S/C34H40N/c1-7-33(5)30-17-25-23-11-9-10-12-28(23)32(3,4)29(25)18-26(30)31-19-24-21-13-15-22(16-14-21)27(24)20-35(31)34(33,6)8-2/h9-12,17-22H,7-8,13-16H2,1-6H3/q+1. The number of benzene rings is 2. The average molecular weight is 463 g/mol. The van der Waals surface area contributed by atoms with E-state index in [0.717, 1.165) is 24.7 Å². The van der Waals surface area contributed by atoms with Crippen molar-refractivity contribution in [1.29, 1.82) is 0 Å². The first-order valence-corrected chi connectivity index (χ1v) is 14.1. The number of rotatable bonds is 2. The highest BCUT2D eigenvalue weighted by molar-refractivity contribution is 5.85. The van der Waals surface area contributed by atoms with Gasteiger partial charge in [-0.1, -0.05) is 52.0 Å². The summed E-state index contributed by atoms with van der Waals surface area (Å²) in [7, 11) is 0. The SMILES string of the molecule is CCC1(C)c2cc3c(cc2-c2cc4c(c[n+]2C1(C)CC)C1CCC4CC1)C(C)(C)c1ccccc1-3. The van der Waals surface area contributed by atoms with E-state index in [9.17, 15) is 0 Å². The molecule has 2 unspecified atom stereocenters. The lowest BCUT2D eigenvalue weighted by Crippen LogP contribution is -2.67. The molecule has 0 amide bonds. The third kappa shape index (κ3) is 2.48. The van der Waals surface area contributed by atoms with Crippen LogP contribution in [0.25, 0.3) is 22.4 Å². The molecule has 8 rings (SSSR count). The molecule has 5 aliphatic rings. The minimum absolute atomic E-state index is 0.0349. The smallest absolute Gasteiger partial charge is 0.192 e. The van der Waals surface area contributed by atoms with E-state index in [4.69, 9.17) is 0 Å². The van der Waals surface area contributed by atoms with E-state index >= 15 is 0 Å². The molecule has 1 heteroatoms. The van der Waals surface area contributed by atoms with Crippen molar-refractivity contribution in [3.8, 4) is 22.4 Å². The number of hydrogen-bond acceptors (Lipinski definition) is 0. The third-order valence-electron chi connectivity index (χ3n) is 11.5. The van der Waals surface area contributed by atoms with Crippen LogP contribution < -0.4 is 4.57 Å². The first-order valence-electron chi connectivity index (χ1n) is 14.1. The zero-order chi connectivity index (χ0) is 24.3. The molecule has 0 spiro atoms. The predicted octanol–water partition coefficient (Wildman–Crippen LogP) is 8.51. The molecule has 35 heavy (non-hydrogen) atoms. The quantitative estimate of drug-likeness (QED) is 0.336. The van der Waals surface area contributed by atoms with E-state index in [-0.39, 0.29) is 16.4 Å². The van der Waals surface area contributed by atoms with Gasteiger partial charge < -0.3 is 0 Å². The number of hydrogen-bond donors (Lipinski definition) is 0. The Bertz CT molecular complexity index is 1390. The molecule has 1 saturated carbocycles. The fraction of sp³-hybridized carbons (Fsp3) is 0.500. The molecule has 2 heterocycles. The van der Waals surface area contributed by atoms with E-state index in [1.165, 1.54) is 59.2 Å². The van der Waals surface area contributed by atoms with Crippen LogP contribution in [-0.2, 0) is 16.4 Å². The van der Waals surface area contributed by atoms with E-state index in [0.29, 0.717) is 0 Å². The zero-order valence-electron chi connectivity index (χ0n) is 22.5. The molecule has 1 nitrogen and oxygen atoms in total. The Labute approximate surface area is 211 Å². The molecule has 4 aliphatic carbocycles. The van der Waals surface area contributed by atoms with Gasteiger partial charge >= 0.3 is 0 Å². The molecule has 0 N–H and O–H groups in total. The van der Waals surface area contributed by atoms with Crippen LogP contribution in [0, 0.1) is 0 Å². The summed E-state index contributed by atoms with van der Waals surface area (Å²) in [6, 6.07) is 17.0. The van der Waals surface area contributed by atoms with Crippen molar-refractivity contribution < 1.29 is 4.57 Å². The predicted molar refractivity (Wildman–Crippen MR) is 145 cm³/mol. The number of nitrogens with zero attached hydrogens (tertiary/aromatic N) is 1. The second kappa shape index (κ2) is 6.87. The molecule has 1 aliphatic heterocycles. The van der Waals surface area contributed by atoms with Gasteiger partial charge in [-0.3, -0.25) is 0 Å². The van der Waals surface area contributed by atoms with Gasteiger partial charge in [0.15, 0.2) is 11.7 Å². The van der Waals surface area contributed by atoms with Crippen molar-refractivity contribution >= 4 is 0 Å². The summed E-state index contributed by atoms with van der Waals surface area (Å²) < 4.78 is 2.75. The van der Waals surface area contributed by atoms with Crippen molar-refractivity contribution in [2.75, 3.05) is 0 Å². The van der Waals surface area contributed by atoms with Crippen LogP contribution in [-0.4, -0.2) is 0 Å². The summed E-state index contributed by atoms with van der Waals surface area (Å²) in [5, 5.41) is 0. The highest BCUT2D eigenvalue weighted by Crippen LogP contribution is 2.57. The van der Waals surface area contributed by atoms with Gasteiger partial charge in [0, 0.05) is 30.4 Å². The maximum atomic E-state index is 2.75. The lowest BCUT2D eigenvalue weighted by atomic mass is 9.59. The summed E-state index contributed by atoms with van der Waals surface area (Å²) in [5.41, 5.74) is 13.9. The fourth-order valence-electron chi connectivity index (χ4n) is 8.71. The Morgan fingerprint density at radius 1 is 0.714 bits per heavy atom. The van der Waals surface area contributed by atoms with Gasteiger partial charge in [0.25, 0.3) is 0 Å². The Balaban J connectivity index is 1.58. The first-order chi connectivity index (χ1) is 16.7. The molecule has 2 aromatic carbocycles. The van der Waals surface area contributed by atoms with E-state index in [1.54, 1.807) is 16.7 Å². The molecule has 1 fully saturated rings. The van der Waals surface area contributed by atoms with Crippen molar-refractivity contribution in [3.63, 3.8) is 0 Å². The molecular weight excluding hydrogens is 422 g/mol. The van der Waals surface area contributed by atoms with Gasteiger partial charge in [-0.2, -0.15) is 4.57 Å². The van der Waals surface area contributed by atoms with Crippen LogP contribution in [0.1, 0.15) is 120 Å². The van der Waals surface area contributed by atoms with E-state index < -0.39 is 0 Å². The summed E-state index contributed by atoms with van der Waals surface area (Å²) in [6.07, 6.45) is 10.5. The van der Waals surface area contributed by atoms with Gasteiger partial charge in [-0.15, -0.1) is 0 Å². The minimum Gasteiger partial charge on any atom is -0.192 e. The third-order valence-corrected chi connectivity index (χ3v) is 11.5. The number of aromatic nitrogens is 1. The lowest BCUT2D eigenvalue weighted by molar-refractivity contribution is -0.765. The molecule has 180 valence electrons. The second-order valence-corrected chi connectivity index (χ2v) is 12.9. The summed E-state index contributed by atoms with van der Waals surface area (Å²) in [5.74, 6) is 1.54. The Kier molecular flexibility index (Phi) is 4.29. The molecule has 3 aromatic rings. The van der Waals surface area contributed by atoms with Crippen LogP contribution >= 0.6 is 0 Å². The largest absolute Gasteiger partial charge is 0.213 e. The molecule has 2 bridgehead atoms. The summed E-state index contributed by atoms with van der Waals surface area (Å²) in [6.45, 7) is 14.8. The number of fused-ring (bicyclic) bond motifs is 8. The van der Waals surface area contributed by atoms with Crippen LogP contribution in [0.5, 0.6) is 0 Å². The average Bonchev–Trinajstić information content (AvgIpc) is 3.12. The minimum atomic E-state index is 0.0349. The van der Waals surface area contributed by atoms with Crippen LogP contribution in [0.3, 0.4) is 0 Å². The highest BCUT2D eigenvalue weighted by atomic mass is 15.1. The normalized spacial score (nSPS) is 30.8. The topological polar surface area (TPSA) is 3.88 Å². The van der Waals surface area contributed by atoms with Gasteiger partial charge in [0.1, 0.15) is 0 Å². The Hall–Kier alpha value is -2.41. The van der Waals surface area contributed by atoms with Crippen molar-refractivity contribution in [2.45, 2.75) is 108 Å². The second-order valence-electron chi connectivity index (χ2n) is 12.9. The molecule has 1 aromatic heterocycles. The summed E-state index contributed by atoms with van der Waals surface area (Å²) in [4.78, 5) is 0. The first kappa shape index (κ1) is 21.8. The molecule has 2 atom stereocenters. The van der Waals surface area contributed by atoms with Gasteiger partial charge in [0.05, 0.1) is 11.0 Å². The van der Waals surface area contributed by atoms with Crippen molar-refractivity contribution in [3.05, 3.63) is 76.5 Å². The molecule has 0 radical (unpaired) electrons. The molecule has 0 saturated heterocycles. The van der Waals surface area contributed by atoms with E-state index in [2.05, 4.69) is 94.8 Å². The zero-order valence-corrected chi connectivity index (χ0v) is 22.5. The molecular formula is C34H40N+. The maximum absolute atomic E-state index is 2.75. The Morgan fingerprint density at radius 2 is 1.37 bits per heavy atom. The number of pyridine rings is 1. The highest BCUT2D eigenvalue weighted by Gasteiger charge is 2.57. The monoisotopic (exact) mass is 462 g/mol. The van der Waals surface area contributed by atoms with Gasteiger partial charge in [-0.25, -0.2) is 0 Å². The van der Waals surface area contributed by atoms with Crippen molar-refractivity contribution in [1.82, 2.24) is 0 Å². The van der Waals surface area contributed by atoms with Crippen molar-refractivity contribution in [2.24, 2.45) is 0 Å². The summed E-state index contributed by atoms with van der Waals surface area (Å²) >= 11 is 0. The van der Waals surface area contributed by atoms with Crippen LogP contribution in [0.15, 0.2) is 48.7 Å². The fourth-order valence-corrected chi connectivity index (χ4v) is 8.71. The van der Waals surface area contributed by atoms with E-state index in [1.807, 2.05) is 0 Å².